The molecule has 2 aliphatic carbocycles. The standard InChI is InChI=1S/C16H9BrO2/c17-9-5-4-8-11-10-6(13-14(8)18-13)2-1-3-7(10)15-16(19-15)12(9)11/h1-5,13-16H/t13-,14+,15-,16+/m0/s1. The van der Waals surface area contributed by atoms with Gasteiger partial charge in [0.05, 0.1) is 0 Å². The Hall–Kier alpha value is -1.16. The van der Waals surface area contributed by atoms with Crippen LogP contribution in [0.15, 0.2) is 34.8 Å². The summed E-state index contributed by atoms with van der Waals surface area (Å²) in [5.41, 5.74) is 8.13. The fourth-order valence-corrected chi connectivity index (χ4v) is 4.47. The van der Waals surface area contributed by atoms with Gasteiger partial charge in [-0.1, -0.05) is 40.2 Å². The Kier molecular flexibility index (Phi) is 1.43. The van der Waals surface area contributed by atoms with Crippen LogP contribution in [0.5, 0.6) is 0 Å². The van der Waals surface area contributed by atoms with Gasteiger partial charge in [0, 0.05) is 10.0 Å². The molecule has 2 nitrogen and oxygen atoms in total. The van der Waals surface area contributed by atoms with Crippen molar-refractivity contribution >= 4 is 15.9 Å². The molecule has 0 amide bonds. The molecular weight excluding hydrogens is 304 g/mol. The maximum Gasteiger partial charge on any atom is 0.116 e. The summed E-state index contributed by atoms with van der Waals surface area (Å²) >= 11 is 3.70. The average molecular weight is 313 g/mol. The zero-order valence-corrected chi connectivity index (χ0v) is 11.5. The van der Waals surface area contributed by atoms with Gasteiger partial charge in [0.25, 0.3) is 0 Å². The predicted octanol–water partition coefficient (Wildman–Crippen LogP) is 4.37. The topological polar surface area (TPSA) is 25.1 Å². The molecule has 4 atom stereocenters. The molecule has 2 aromatic rings. The lowest BCUT2D eigenvalue weighted by atomic mass is 9.76. The van der Waals surface area contributed by atoms with E-state index in [4.69, 9.17) is 9.47 Å². The highest BCUT2D eigenvalue weighted by molar-refractivity contribution is 9.10. The smallest absolute Gasteiger partial charge is 0.116 e. The molecule has 0 radical (unpaired) electrons. The third kappa shape index (κ3) is 0.970. The lowest BCUT2D eigenvalue weighted by molar-refractivity contribution is 0.376. The van der Waals surface area contributed by atoms with Gasteiger partial charge in [-0.05, 0) is 33.9 Å². The summed E-state index contributed by atoms with van der Waals surface area (Å²) < 4.78 is 13.0. The van der Waals surface area contributed by atoms with Crippen LogP contribution in [-0.2, 0) is 9.47 Å². The SMILES string of the molecule is Brc1ccc2c3c1[C@H]1O[C@H]1c1cccc(c1-3)[C@@H]1O[C@H]21. The van der Waals surface area contributed by atoms with E-state index in [-0.39, 0.29) is 24.4 Å². The Morgan fingerprint density at radius 2 is 1.37 bits per heavy atom. The zero-order valence-electron chi connectivity index (χ0n) is 9.89. The second kappa shape index (κ2) is 2.80. The molecule has 0 saturated carbocycles. The Bertz CT molecular complexity index is 768. The maximum atomic E-state index is 5.93. The average Bonchev–Trinajstić information content (AvgIpc) is 3.31. The third-order valence-electron chi connectivity index (χ3n) is 4.79. The Balaban J connectivity index is 1.86. The summed E-state index contributed by atoms with van der Waals surface area (Å²) in [6.45, 7) is 0. The van der Waals surface area contributed by atoms with E-state index >= 15 is 0 Å². The van der Waals surface area contributed by atoms with Gasteiger partial charge in [0.2, 0.25) is 0 Å². The first-order chi connectivity index (χ1) is 9.34. The molecule has 19 heavy (non-hydrogen) atoms. The molecule has 0 aromatic heterocycles. The Labute approximate surface area is 118 Å². The molecule has 0 N–H and O–H groups in total. The minimum atomic E-state index is 0.238. The number of benzene rings is 2. The van der Waals surface area contributed by atoms with Crippen molar-refractivity contribution in [1.82, 2.24) is 0 Å². The van der Waals surface area contributed by atoms with Crippen LogP contribution in [0.1, 0.15) is 46.7 Å². The highest BCUT2D eigenvalue weighted by atomic mass is 79.9. The van der Waals surface area contributed by atoms with Crippen molar-refractivity contribution in [1.29, 1.82) is 0 Å². The lowest BCUT2D eigenvalue weighted by Crippen LogP contribution is -2.09. The third-order valence-corrected chi connectivity index (χ3v) is 5.48. The number of hydrogen-bond donors (Lipinski definition) is 0. The van der Waals surface area contributed by atoms with Gasteiger partial charge in [-0.3, -0.25) is 0 Å². The quantitative estimate of drug-likeness (QED) is 0.675. The van der Waals surface area contributed by atoms with Gasteiger partial charge in [-0.15, -0.1) is 0 Å². The first-order valence-corrected chi connectivity index (χ1v) is 7.40. The Morgan fingerprint density at radius 1 is 0.737 bits per heavy atom. The van der Waals surface area contributed by atoms with E-state index in [0.29, 0.717) is 0 Å². The van der Waals surface area contributed by atoms with Crippen LogP contribution in [0.3, 0.4) is 0 Å². The summed E-state index contributed by atoms with van der Waals surface area (Å²) in [6, 6.07) is 10.9. The highest BCUT2D eigenvalue weighted by Crippen LogP contribution is 2.69. The Morgan fingerprint density at radius 3 is 2.16 bits per heavy atom. The molecule has 0 bridgehead atoms. The normalized spacial score (nSPS) is 34.2. The predicted molar refractivity (Wildman–Crippen MR) is 72.7 cm³/mol. The summed E-state index contributed by atoms with van der Waals surface area (Å²) in [4.78, 5) is 0. The van der Waals surface area contributed by atoms with Crippen molar-refractivity contribution in [3.8, 4) is 11.1 Å². The number of hydrogen-bond acceptors (Lipinski definition) is 2. The lowest BCUT2D eigenvalue weighted by Gasteiger charge is -2.25. The number of epoxide rings is 2. The maximum absolute atomic E-state index is 5.93. The monoisotopic (exact) mass is 312 g/mol. The minimum absolute atomic E-state index is 0.238. The van der Waals surface area contributed by atoms with Crippen LogP contribution in [0.2, 0.25) is 0 Å². The van der Waals surface area contributed by atoms with Crippen LogP contribution in [-0.4, -0.2) is 0 Å². The molecule has 3 heteroatoms. The molecule has 2 fully saturated rings. The van der Waals surface area contributed by atoms with Gasteiger partial charge in [0.15, 0.2) is 0 Å². The van der Waals surface area contributed by atoms with E-state index in [9.17, 15) is 0 Å². The largest absolute Gasteiger partial charge is 0.359 e. The number of rotatable bonds is 0. The van der Waals surface area contributed by atoms with Crippen LogP contribution >= 0.6 is 15.9 Å². The zero-order chi connectivity index (χ0) is 12.3. The summed E-state index contributed by atoms with van der Waals surface area (Å²) in [5, 5.41) is 0. The van der Waals surface area contributed by atoms with Gasteiger partial charge < -0.3 is 9.47 Å². The first-order valence-electron chi connectivity index (χ1n) is 6.61. The van der Waals surface area contributed by atoms with E-state index in [1.807, 2.05) is 0 Å². The molecular formula is C16H9BrO2. The van der Waals surface area contributed by atoms with Crippen molar-refractivity contribution in [2.24, 2.45) is 0 Å². The summed E-state index contributed by atoms with van der Waals surface area (Å²) in [6.07, 6.45) is 1.03. The molecule has 0 unspecified atom stereocenters. The second-order valence-corrected chi connectivity index (χ2v) is 6.55. The van der Waals surface area contributed by atoms with Crippen LogP contribution in [0.4, 0.5) is 0 Å². The molecule has 2 heterocycles. The van der Waals surface area contributed by atoms with Crippen molar-refractivity contribution in [2.45, 2.75) is 24.4 Å². The van der Waals surface area contributed by atoms with E-state index in [0.717, 1.165) is 0 Å². The number of ether oxygens (including phenoxy) is 2. The van der Waals surface area contributed by atoms with Crippen LogP contribution in [0, 0.1) is 0 Å². The van der Waals surface area contributed by atoms with Crippen LogP contribution in [0.25, 0.3) is 11.1 Å². The van der Waals surface area contributed by atoms with Gasteiger partial charge in [-0.2, -0.15) is 0 Å². The van der Waals surface area contributed by atoms with Crippen molar-refractivity contribution < 1.29 is 9.47 Å². The van der Waals surface area contributed by atoms with Crippen LogP contribution < -0.4 is 0 Å². The summed E-state index contributed by atoms with van der Waals surface area (Å²) in [5.74, 6) is 0. The van der Waals surface area contributed by atoms with Gasteiger partial charge in [-0.25, -0.2) is 0 Å². The van der Waals surface area contributed by atoms with Crippen molar-refractivity contribution in [3.05, 3.63) is 57.1 Å². The minimum Gasteiger partial charge on any atom is -0.359 e. The fourth-order valence-electron chi connectivity index (χ4n) is 3.91. The second-order valence-electron chi connectivity index (χ2n) is 5.69. The highest BCUT2D eigenvalue weighted by Gasteiger charge is 2.56. The van der Waals surface area contributed by atoms with E-state index < -0.39 is 0 Å². The van der Waals surface area contributed by atoms with E-state index in [1.165, 1.54) is 37.9 Å². The van der Waals surface area contributed by atoms with Gasteiger partial charge >= 0.3 is 0 Å². The summed E-state index contributed by atoms with van der Waals surface area (Å²) in [7, 11) is 0. The molecule has 92 valence electrons. The molecule has 0 spiro atoms. The van der Waals surface area contributed by atoms with E-state index in [2.05, 4.69) is 46.3 Å². The fraction of sp³-hybridized carbons (Fsp3) is 0.250. The molecule has 2 saturated heterocycles. The molecule has 6 rings (SSSR count). The van der Waals surface area contributed by atoms with E-state index in [1.54, 1.807) is 0 Å². The number of halogens is 1. The first kappa shape index (κ1) is 9.70. The molecule has 2 aromatic carbocycles. The number of fused-ring (bicyclic) bond motifs is 6. The molecule has 4 aliphatic rings. The van der Waals surface area contributed by atoms with Gasteiger partial charge in [0.1, 0.15) is 24.4 Å². The van der Waals surface area contributed by atoms with Crippen molar-refractivity contribution in [2.75, 3.05) is 0 Å². The molecule has 2 aliphatic heterocycles. The van der Waals surface area contributed by atoms with Crippen molar-refractivity contribution in [3.63, 3.8) is 0 Å².